The number of methoxy groups -OCH3 is 1. The summed E-state index contributed by atoms with van der Waals surface area (Å²) in [6.07, 6.45) is 0. The first kappa shape index (κ1) is 16.2. The van der Waals surface area contributed by atoms with E-state index in [4.69, 9.17) is 21.1 Å². The van der Waals surface area contributed by atoms with E-state index in [9.17, 15) is 4.79 Å². The molecule has 5 heteroatoms. The molecule has 0 bridgehead atoms. The number of carbonyl (C=O) groups is 1. The van der Waals surface area contributed by atoms with Gasteiger partial charge in [-0.05, 0) is 36.8 Å². The van der Waals surface area contributed by atoms with Gasteiger partial charge in [-0.2, -0.15) is 0 Å². The van der Waals surface area contributed by atoms with Gasteiger partial charge in [0.1, 0.15) is 0 Å². The molecule has 0 saturated heterocycles. The molecule has 0 atom stereocenters. The van der Waals surface area contributed by atoms with Crippen LogP contribution in [0.2, 0.25) is 5.02 Å². The predicted octanol–water partition coefficient (Wildman–Crippen LogP) is 3.68. The van der Waals surface area contributed by atoms with Crippen molar-refractivity contribution in [3.8, 4) is 11.5 Å². The van der Waals surface area contributed by atoms with E-state index in [2.05, 4.69) is 5.32 Å². The van der Waals surface area contributed by atoms with E-state index < -0.39 is 0 Å². The molecule has 2 rings (SSSR count). The summed E-state index contributed by atoms with van der Waals surface area (Å²) in [5, 5.41) is 3.48. The first-order chi connectivity index (χ1) is 10.7. The summed E-state index contributed by atoms with van der Waals surface area (Å²) in [5.74, 6) is 0.962. The van der Waals surface area contributed by atoms with Gasteiger partial charge in [-0.1, -0.05) is 29.8 Å². The van der Waals surface area contributed by atoms with E-state index in [0.29, 0.717) is 35.2 Å². The lowest BCUT2D eigenvalue weighted by atomic mass is 10.1. The Hall–Kier alpha value is -2.20. The van der Waals surface area contributed by atoms with Crippen LogP contribution in [0.15, 0.2) is 42.5 Å². The van der Waals surface area contributed by atoms with Gasteiger partial charge in [0.2, 0.25) is 0 Å². The van der Waals surface area contributed by atoms with Crippen LogP contribution < -0.4 is 14.8 Å². The molecule has 0 aliphatic rings. The quantitative estimate of drug-likeness (QED) is 0.883. The Kier molecular flexibility index (Phi) is 5.67. The lowest BCUT2D eigenvalue weighted by molar-refractivity contribution is 0.0950. The van der Waals surface area contributed by atoms with Crippen molar-refractivity contribution in [2.75, 3.05) is 13.7 Å². The largest absolute Gasteiger partial charge is 0.493 e. The standard InChI is InChI=1S/C17H18ClNO3/c1-3-22-16-10-12(8-9-15(16)21-2)17(20)19-11-13-6-4-5-7-14(13)18/h4-10H,3,11H2,1-2H3,(H,19,20). The lowest BCUT2D eigenvalue weighted by Gasteiger charge is -2.11. The summed E-state index contributed by atoms with van der Waals surface area (Å²) in [6.45, 7) is 2.75. The zero-order chi connectivity index (χ0) is 15.9. The minimum Gasteiger partial charge on any atom is -0.493 e. The molecule has 0 unspecified atom stereocenters. The van der Waals surface area contributed by atoms with Crippen LogP contribution in [-0.2, 0) is 6.54 Å². The van der Waals surface area contributed by atoms with Gasteiger partial charge in [0.25, 0.3) is 5.91 Å². The number of ether oxygens (including phenoxy) is 2. The van der Waals surface area contributed by atoms with Crippen molar-refractivity contribution in [3.05, 3.63) is 58.6 Å². The number of benzene rings is 2. The van der Waals surface area contributed by atoms with Crippen LogP contribution in [0.25, 0.3) is 0 Å². The second-order valence-electron chi connectivity index (χ2n) is 4.57. The molecule has 22 heavy (non-hydrogen) atoms. The van der Waals surface area contributed by atoms with E-state index in [1.807, 2.05) is 25.1 Å². The molecule has 0 fully saturated rings. The molecule has 1 amide bonds. The maximum absolute atomic E-state index is 12.2. The van der Waals surface area contributed by atoms with Gasteiger partial charge in [0.15, 0.2) is 11.5 Å². The molecule has 116 valence electrons. The number of carbonyl (C=O) groups excluding carboxylic acids is 1. The van der Waals surface area contributed by atoms with Crippen LogP contribution >= 0.6 is 11.6 Å². The Morgan fingerprint density at radius 2 is 1.95 bits per heavy atom. The molecule has 0 aliphatic carbocycles. The molecule has 1 N–H and O–H groups in total. The maximum Gasteiger partial charge on any atom is 0.251 e. The minimum absolute atomic E-state index is 0.191. The third-order valence-corrected chi connectivity index (χ3v) is 3.49. The van der Waals surface area contributed by atoms with E-state index in [1.165, 1.54) is 0 Å². The second-order valence-corrected chi connectivity index (χ2v) is 4.98. The number of halogens is 1. The molecular formula is C17H18ClNO3. The normalized spacial score (nSPS) is 10.1. The first-order valence-electron chi connectivity index (χ1n) is 6.98. The molecule has 0 aliphatic heterocycles. The van der Waals surface area contributed by atoms with Crippen molar-refractivity contribution in [1.29, 1.82) is 0 Å². The number of nitrogens with one attached hydrogen (secondary N) is 1. The zero-order valence-corrected chi connectivity index (χ0v) is 13.3. The fraction of sp³-hybridized carbons (Fsp3) is 0.235. The smallest absolute Gasteiger partial charge is 0.251 e. The minimum atomic E-state index is -0.191. The Balaban J connectivity index is 2.09. The second kappa shape index (κ2) is 7.71. The third kappa shape index (κ3) is 3.92. The fourth-order valence-electron chi connectivity index (χ4n) is 2.01. The molecule has 2 aromatic carbocycles. The number of hydrogen-bond acceptors (Lipinski definition) is 3. The highest BCUT2D eigenvalue weighted by molar-refractivity contribution is 6.31. The van der Waals surface area contributed by atoms with Crippen molar-refractivity contribution in [2.45, 2.75) is 13.5 Å². The average Bonchev–Trinajstić information content (AvgIpc) is 2.54. The summed E-state index contributed by atoms with van der Waals surface area (Å²) < 4.78 is 10.7. The highest BCUT2D eigenvalue weighted by Gasteiger charge is 2.11. The van der Waals surface area contributed by atoms with Gasteiger partial charge in [-0.25, -0.2) is 0 Å². The summed E-state index contributed by atoms with van der Waals surface area (Å²) in [6, 6.07) is 12.5. The Labute approximate surface area is 135 Å². The molecule has 0 aromatic heterocycles. The lowest BCUT2D eigenvalue weighted by Crippen LogP contribution is -2.23. The highest BCUT2D eigenvalue weighted by Crippen LogP contribution is 2.28. The molecule has 0 heterocycles. The molecule has 0 radical (unpaired) electrons. The molecule has 2 aromatic rings. The van der Waals surface area contributed by atoms with Crippen LogP contribution in [0.4, 0.5) is 0 Å². The van der Waals surface area contributed by atoms with Crippen LogP contribution in [0.3, 0.4) is 0 Å². The van der Waals surface area contributed by atoms with Gasteiger partial charge in [-0.3, -0.25) is 4.79 Å². The maximum atomic E-state index is 12.2. The van der Waals surface area contributed by atoms with Gasteiger partial charge in [0.05, 0.1) is 13.7 Å². The number of hydrogen-bond donors (Lipinski definition) is 1. The van der Waals surface area contributed by atoms with Crippen LogP contribution in [0.1, 0.15) is 22.8 Å². The SMILES string of the molecule is CCOc1cc(C(=O)NCc2ccccc2Cl)ccc1OC. The van der Waals surface area contributed by atoms with E-state index >= 15 is 0 Å². The van der Waals surface area contributed by atoms with Crippen LogP contribution in [-0.4, -0.2) is 19.6 Å². The monoisotopic (exact) mass is 319 g/mol. The topological polar surface area (TPSA) is 47.6 Å². The van der Waals surface area contributed by atoms with Crippen LogP contribution in [0, 0.1) is 0 Å². The van der Waals surface area contributed by atoms with Gasteiger partial charge < -0.3 is 14.8 Å². The van der Waals surface area contributed by atoms with Crippen molar-refractivity contribution < 1.29 is 14.3 Å². The van der Waals surface area contributed by atoms with Crippen molar-refractivity contribution in [1.82, 2.24) is 5.32 Å². The number of rotatable bonds is 6. The van der Waals surface area contributed by atoms with Gasteiger partial charge in [-0.15, -0.1) is 0 Å². The summed E-state index contributed by atoms with van der Waals surface area (Å²) in [7, 11) is 1.56. The zero-order valence-electron chi connectivity index (χ0n) is 12.6. The highest BCUT2D eigenvalue weighted by atomic mass is 35.5. The summed E-state index contributed by atoms with van der Waals surface area (Å²) in [5.41, 5.74) is 1.38. The van der Waals surface area contributed by atoms with Crippen molar-refractivity contribution >= 4 is 17.5 Å². The Morgan fingerprint density at radius 3 is 2.64 bits per heavy atom. The fourth-order valence-corrected chi connectivity index (χ4v) is 2.21. The molecule has 0 saturated carbocycles. The predicted molar refractivity (Wildman–Crippen MR) is 86.8 cm³/mol. The van der Waals surface area contributed by atoms with Gasteiger partial charge >= 0.3 is 0 Å². The average molecular weight is 320 g/mol. The molecule has 4 nitrogen and oxygen atoms in total. The van der Waals surface area contributed by atoms with E-state index in [0.717, 1.165) is 5.56 Å². The third-order valence-electron chi connectivity index (χ3n) is 3.12. The van der Waals surface area contributed by atoms with Crippen molar-refractivity contribution in [3.63, 3.8) is 0 Å². The Bertz CT molecular complexity index is 658. The Morgan fingerprint density at radius 1 is 1.18 bits per heavy atom. The summed E-state index contributed by atoms with van der Waals surface area (Å²) in [4.78, 5) is 12.2. The van der Waals surface area contributed by atoms with E-state index in [-0.39, 0.29) is 5.91 Å². The first-order valence-corrected chi connectivity index (χ1v) is 7.36. The van der Waals surface area contributed by atoms with Crippen LogP contribution in [0.5, 0.6) is 11.5 Å². The molecule has 0 spiro atoms. The van der Waals surface area contributed by atoms with Gasteiger partial charge in [0, 0.05) is 17.1 Å². The summed E-state index contributed by atoms with van der Waals surface area (Å²) >= 11 is 6.07. The molecular weight excluding hydrogens is 302 g/mol. The number of amides is 1. The van der Waals surface area contributed by atoms with Crippen molar-refractivity contribution in [2.24, 2.45) is 0 Å². The van der Waals surface area contributed by atoms with E-state index in [1.54, 1.807) is 31.4 Å².